The molecule has 0 unspecified atom stereocenters. The third kappa shape index (κ3) is 7.65. The Morgan fingerprint density at radius 3 is 1.00 bits per heavy atom. The smallest absolute Gasteiger partial charge is 0.0573 e. The minimum absolute atomic E-state index is 0.480. The summed E-state index contributed by atoms with van der Waals surface area (Å²) in [6.07, 6.45) is 13.4. The normalized spacial score (nSPS) is 15.5. The van der Waals surface area contributed by atoms with Gasteiger partial charge in [-0.2, -0.15) is 0 Å². The summed E-state index contributed by atoms with van der Waals surface area (Å²) >= 11 is 0. The summed E-state index contributed by atoms with van der Waals surface area (Å²) in [5.41, 5.74) is 15.6. The number of anilines is 6. The molecular weight excluding hydrogens is 677 g/mol. The van der Waals surface area contributed by atoms with Crippen LogP contribution in [0.3, 0.4) is 0 Å². The van der Waals surface area contributed by atoms with Crippen LogP contribution in [0.4, 0.5) is 34.1 Å². The molecule has 0 heterocycles. The molecule has 0 bridgehead atoms. The molecule has 0 N–H and O–H groups in total. The molecule has 0 amide bonds. The highest BCUT2D eigenvalue weighted by Crippen LogP contribution is 2.50. The van der Waals surface area contributed by atoms with Gasteiger partial charge in [0.1, 0.15) is 0 Å². The van der Waals surface area contributed by atoms with E-state index in [0.717, 1.165) is 0 Å². The zero-order valence-corrected chi connectivity index (χ0v) is 34.8. The van der Waals surface area contributed by atoms with E-state index < -0.39 is 0 Å². The van der Waals surface area contributed by atoms with Crippen LogP contribution >= 0.6 is 0 Å². The summed E-state index contributed by atoms with van der Waals surface area (Å²) in [5, 5.41) is 2.52. The van der Waals surface area contributed by atoms with E-state index in [0.29, 0.717) is 23.7 Å². The van der Waals surface area contributed by atoms with Crippen molar-refractivity contribution in [1.82, 2.24) is 0 Å². The van der Waals surface area contributed by atoms with E-state index >= 15 is 0 Å². The van der Waals surface area contributed by atoms with Crippen LogP contribution < -0.4 is 9.80 Å². The molecule has 56 heavy (non-hydrogen) atoms. The van der Waals surface area contributed by atoms with Crippen molar-refractivity contribution in [1.29, 1.82) is 0 Å². The second-order valence-electron chi connectivity index (χ2n) is 17.5. The Labute approximate surface area is 337 Å². The van der Waals surface area contributed by atoms with Crippen molar-refractivity contribution in [3.63, 3.8) is 0 Å². The first kappa shape index (κ1) is 38.1. The minimum atomic E-state index is 0.480. The van der Waals surface area contributed by atoms with Gasteiger partial charge in [0.25, 0.3) is 0 Å². The maximum atomic E-state index is 2.53. The van der Waals surface area contributed by atoms with Crippen molar-refractivity contribution >= 4 is 44.9 Å². The van der Waals surface area contributed by atoms with Crippen molar-refractivity contribution in [3.05, 3.63) is 155 Å². The molecule has 8 rings (SSSR count). The second kappa shape index (κ2) is 16.7. The molecular formula is C54H62N2. The van der Waals surface area contributed by atoms with Gasteiger partial charge in [0, 0.05) is 33.5 Å². The average molecular weight is 739 g/mol. The molecule has 2 heteroatoms. The van der Waals surface area contributed by atoms with Crippen LogP contribution in [-0.2, 0) is 0 Å². The van der Waals surface area contributed by atoms with Gasteiger partial charge in [-0.05, 0) is 145 Å². The predicted molar refractivity (Wildman–Crippen MR) is 243 cm³/mol. The summed E-state index contributed by atoms with van der Waals surface area (Å²) < 4.78 is 0. The van der Waals surface area contributed by atoms with Gasteiger partial charge in [0.2, 0.25) is 0 Å². The molecule has 2 aliphatic carbocycles. The molecule has 0 aromatic heterocycles. The maximum Gasteiger partial charge on any atom is 0.0573 e. The Balaban J connectivity index is 1.31. The molecule has 2 aliphatic rings. The third-order valence-corrected chi connectivity index (χ3v) is 13.2. The fourth-order valence-corrected chi connectivity index (χ4v) is 9.73. The number of hydrogen-bond donors (Lipinski definition) is 0. The lowest BCUT2D eigenvalue weighted by Gasteiger charge is -2.34. The van der Waals surface area contributed by atoms with E-state index in [9.17, 15) is 0 Å². The van der Waals surface area contributed by atoms with Gasteiger partial charge in [-0.1, -0.05) is 139 Å². The molecule has 0 aliphatic heterocycles. The lowest BCUT2D eigenvalue weighted by atomic mass is 9.84. The van der Waals surface area contributed by atoms with Crippen molar-refractivity contribution in [2.45, 2.75) is 129 Å². The first-order valence-corrected chi connectivity index (χ1v) is 21.8. The predicted octanol–water partition coefficient (Wildman–Crippen LogP) is 16.7. The topological polar surface area (TPSA) is 6.48 Å². The molecule has 0 spiro atoms. The molecule has 2 saturated carbocycles. The summed E-state index contributed by atoms with van der Waals surface area (Å²) in [7, 11) is 0. The Morgan fingerprint density at radius 1 is 0.393 bits per heavy atom. The standard InChI is InChI=1S/C54H62N2/c1-37(2)41-21-29-47(30-22-41)55(49-33-25-45(26-34-49)43-15-9-7-10-16-43)53-39(5)40(6)54(52-20-14-13-19-51(52)53)56(48-31-23-42(24-32-48)38(3)4)50-35-27-46(28-36-50)44-17-11-8-12-18-44/h13-14,19-38,43-44H,7-12,15-18H2,1-6H3. The Hall–Kier alpha value is -4.82. The molecule has 6 aromatic rings. The molecule has 6 aromatic carbocycles. The average Bonchev–Trinajstić information content (AvgIpc) is 3.25. The van der Waals surface area contributed by atoms with Crippen LogP contribution in [0.25, 0.3) is 10.8 Å². The lowest BCUT2D eigenvalue weighted by molar-refractivity contribution is 0.443. The summed E-state index contributed by atoms with van der Waals surface area (Å²) in [5.74, 6) is 2.32. The Bertz CT molecular complexity index is 2050. The lowest BCUT2D eigenvalue weighted by Crippen LogP contribution is -2.17. The molecule has 288 valence electrons. The monoisotopic (exact) mass is 738 g/mol. The van der Waals surface area contributed by atoms with Crippen molar-refractivity contribution in [2.24, 2.45) is 0 Å². The largest absolute Gasteiger partial charge is 0.310 e. The van der Waals surface area contributed by atoms with Gasteiger partial charge < -0.3 is 9.80 Å². The van der Waals surface area contributed by atoms with Gasteiger partial charge in [0.05, 0.1) is 11.4 Å². The Kier molecular flexibility index (Phi) is 11.4. The van der Waals surface area contributed by atoms with Crippen molar-refractivity contribution in [3.8, 4) is 0 Å². The number of fused-ring (bicyclic) bond motifs is 1. The van der Waals surface area contributed by atoms with Gasteiger partial charge in [-0.25, -0.2) is 0 Å². The highest BCUT2D eigenvalue weighted by atomic mass is 15.2. The van der Waals surface area contributed by atoms with Crippen LogP contribution in [0, 0.1) is 13.8 Å². The van der Waals surface area contributed by atoms with Crippen molar-refractivity contribution in [2.75, 3.05) is 9.80 Å². The summed E-state index contributed by atoms with van der Waals surface area (Å²) in [6, 6.07) is 46.9. The Morgan fingerprint density at radius 2 is 0.696 bits per heavy atom. The molecule has 0 radical (unpaired) electrons. The zero-order valence-electron chi connectivity index (χ0n) is 34.8. The highest BCUT2D eigenvalue weighted by Gasteiger charge is 2.27. The van der Waals surface area contributed by atoms with E-state index in [1.54, 1.807) is 0 Å². The summed E-state index contributed by atoms with van der Waals surface area (Å²) in [6.45, 7) is 13.8. The van der Waals surface area contributed by atoms with E-state index in [1.165, 1.54) is 142 Å². The van der Waals surface area contributed by atoms with E-state index in [2.05, 4.69) is 173 Å². The van der Waals surface area contributed by atoms with Gasteiger partial charge in [0.15, 0.2) is 0 Å². The van der Waals surface area contributed by atoms with Crippen molar-refractivity contribution < 1.29 is 0 Å². The SMILES string of the molecule is Cc1c(C)c(N(c2ccc(C(C)C)cc2)c2ccc(C3CCCCC3)cc2)c2ccccc2c1N(c1ccc(C(C)C)cc1)c1ccc(C2CCCCC2)cc1. The number of rotatable bonds is 10. The fraction of sp³-hybridized carbons (Fsp3) is 0.370. The number of benzene rings is 6. The van der Waals surface area contributed by atoms with Gasteiger partial charge >= 0.3 is 0 Å². The van der Waals surface area contributed by atoms with Crippen LogP contribution in [0.1, 0.15) is 149 Å². The van der Waals surface area contributed by atoms with Crippen LogP contribution in [-0.4, -0.2) is 0 Å². The van der Waals surface area contributed by atoms with E-state index in [4.69, 9.17) is 0 Å². The van der Waals surface area contributed by atoms with Crippen LogP contribution in [0.2, 0.25) is 0 Å². The molecule has 2 nitrogen and oxygen atoms in total. The van der Waals surface area contributed by atoms with E-state index in [-0.39, 0.29) is 0 Å². The molecule has 0 atom stereocenters. The second-order valence-corrected chi connectivity index (χ2v) is 17.5. The van der Waals surface area contributed by atoms with Gasteiger partial charge in [-0.3, -0.25) is 0 Å². The summed E-state index contributed by atoms with van der Waals surface area (Å²) in [4.78, 5) is 5.06. The van der Waals surface area contributed by atoms with Crippen LogP contribution in [0.15, 0.2) is 121 Å². The van der Waals surface area contributed by atoms with Crippen LogP contribution in [0.5, 0.6) is 0 Å². The minimum Gasteiger partial charge on any atom is -0.310 e. The third-order valence-electron chi connectivity index (χ3n) is 13.2. The number of nitrogens with zero attached hydrogens (tertiary/aromatic N) is 2. The fourth-order valence-electron chi connectivity index (χ4n) is 9.73. The molecule has 2 fully saturated rings. The highest BCUT2D eigenvalue weighted by molar-refractivity contribution is 6.10. The zero-order chi connectivity index (χ0) is 38.8. The van der Waals surface area contributed by atoms with Gasteiger partial charge in [-0.15, -0.1) is 0 Å². The first-order valence-electron chi connectivity index (χ1n) is 21.8. The first-order chi connectivity index (χ1) is 27.3. The quantitative estimate of drug-likeness (QED) is 0.138. The molecule has 0 saturated heterocycles. The maximum absolute atomic E-state index is 2.53. The van der Waals surface area contributed by atoms with E-state index in [1.807, 2.05) is 0 Å². The number of hydrogen-bond acceptors (Lipinski definition) is 2.